The van der Waals surface area contributed by atoms with E-state index in [1.165, 1.54) is 36.4 Å². The van der Waals surface area contributed by atoms with Crippen molar-refractivity contribution in [1.29, 1.82) is 0 Å². The second-order valence-corrected chi connectivity index (χ2v) is 8.89. The normalized spacial score (nSPS) is 11.7. The third-order valence-corrected chi connectivity index (χ3v) is 6.33. The molecule has 0 bridgehead atoms. The number of aryl methyl sites for hydroxylation is 1. The van der Waals surface area contributed by atoms with Crippen LogP contribution in [-0.4, -0.2) is 24.6 Å². The molecule has 0 spiro atoms. The van der Waals surface area contributed by atoms with Gasteiger partial charge in [0.2, 0.25) is 5.13 Å². The Morgan fingerprint density at radius 1 is 1.03 bits per heavy atom. The number of carbonyl (C=O) groups is 1. The number of amides is 2. The first kappa shape index (κ1) is 22.5. The molecule has 0 atom stereocenters. The summed E-state index contributed by atoms with van der Waals surface area (Å²) in [6.45, 7) is 1.87. The Kier molecular flexibility index (Phi) is 6.45. The van der Waals surface area contributed by atoms with Crippen LogP contribution in [0.2, 0.25) is 0 Å². The third kappa shape index (κ3) is 5.92. The first-order valence-corrected chi connectivity index (χ1v) is 11.1. The van der Waals surface area contributed by atoms with Crippen LogP contribution in [0.4, 0.5) is 34.5 Å². The second-order valence-electron chi connectivity index (χ2n) is 6.14. The Morgan fingerprint density at radius 3 is 2.32 bits per heavy atom. The summed E-state index contributed by atoms with van der Waals surface area (Å²) in [4.78, 5) is 12.0. The highest BCUT2D eigenvalue weighted by Gasteiger charge is 2.30. The highest BCUT2D eigenvalue weighted by atomic mass is 32.2. The minimum Gasteiger partial charge on any atom is -0.308 e. The van der Waals surface area contributed by atoms with Crippen LogP contribution >= 0.6 is 11.3 Å². The quantitative estimate of drug-likeness (QED) is 0.488. The number of rotatable bonds is 6. The smallest absolute Gasteiger partial charge is 0.308 e. The van der Waals surface area contributed by atoms with Gasteiger partial charge in [0, 0.05) is 11.4 Å². The van der Waals surface area contributed by atoms with Crippen LogP contribution in [-0.2, 0) is 22.6 Å². The molecule has 2 amide bonds. The summed E-state index contributed by atoms with van der Waals surface area (Å²) in [6, 6.07) is 8.62. The van der Waals surface area contributed by atoms with Gasteiger partial charge in [-0.1, -0.05) is 24.3 Å². The molecule has 2 aromatic carbocycles. The highest BCUT2D eigenvalue weighted by Crippen LogP contribution is 2.30. The molecule has 0 fully saturated rings. The van der Waals surface area contributed by atoms with Gasteiger partial charge in [-0.25, -0.2) is 13.2 Å². The lowest BCUT2D eigenvalue weighted by atomic mass is 10.2. The zero-order chi connectivity index (χ0) is 22.6. The summed E-state index contributed by atoms with van der Waals surface area (Å²) < 4.78 is 65.4. The van der Waals surface area contributed by atoms with Gasteiger partial charge >= 0.3 is 12.2 Å². The first-order valence-electron chi connectivity index (χ1n) is 8.77. The van der Waals surface area contributed by atoms with Crippen molar-refractivity contribution in [2.45, 2.75) is 24.4 Å². The molecule has 0 radical (unpaired) electrons. The van der Waals surface area contributed by atoms with Crippen LogP contribution in [0.3, 0.4) is 0 Å². The summed E-state index contributed by atoms with van der Waals surface area (Å²) in [6.07, 6.45) is -3.90. The molecule has 3 rings (SSSR count). The van der Waals surface area contributed by atoms with Crippen LogP contribution in [0.1, 0.15) is 17.5 Å². The number of hydrogen-bond acceptors (Lipinski definition) is 6. The Labute approximate surface area is 179 Å². The van der Waals surface area contributed by atoms with E-state index in [-0.39, 0.29) is 21.4 Å². The van der Waals surface area contributed by atoms with Gasteiger partial charge in [0.25, 0.3) is 10.0 Å². The summed E-state index contributed by atoms with van der Waals surface area (Å²) >= 11 is 1.12. The number of sulfonamides is 1. The van der Waals surface area contributed by atoms with Crippen molar-refractivity contribution < 1.29 is 26.4 Å². The topological polar surface area (TPSA) is 113 Å². The van der Waals surface area contributed by atoms with Gasteiger partial charge in [0.15, 0.2) is 0 Å². The molecule has 3 N–H and O–H groups in total. The lowest BCUT2D eigenvalue weighted by Crippen LogP contribution is -2.20. The number of halogens is 3. The van der Waals surface area contributed by atoms with Gasteiger partial charge in [-0.05, 0) is 48.9 Å². The van der Waals surface area contributed by atoms with E-state index in [4.69, 9.17) is 0 Å². The molecule has 0 unspecified atom stereocenters. The molecule has 0 saturated carbocycles. The largest absolute Gasteiger partial charge is 0.416 e. The Morgan fingerprint density at radius 2 is 1.71 bits per heavy atom. The molecule has 3 aromatic rings. The van der Waals surface area contributed by atoms with E-state index in [2.05, 4.69) is 25.6 Å². The highest BCUT2D eigenvalue weighted by molar-refractivity contribution is 7.93. The molecule has 164 valence electrons. The van der Waals surface area contributed by atoms with Crippen molar-refractivity contribution in [2.75, 3.05) is 15.4 Å². The van der Waals surface area contributed by atoms with E-state index in [1.807, 2.05) is 6.92 Å². The number of nitrogens with zero attached hydrogens (tertiary/aromatic N) is 2. The van der Waals surface area contributed by atoms with Gasteiger partial charge in [-0.2, -0.15) is 13.2 Å². The number of nitrogens with one attached hydrogen (secondary N) is 3. The van der Waals surface area contributed by atoms with Gasteiger partial charge in [-0.15, -0.1) is 10.2 Å². The van der Waals surface area contributed by atoms with Crippen molar-refractivity contribution in [3.63, 3.8) is 0 Å². The number of alkyl halides is 3. The van der Waals surface area contributed by atoms with Crippen LogP contribution in [0.25, 0.3) is 0 Å². The summed E-state index contributed by atoms with van der Waals surface area (Å²) in [7, 11) is -3.90. The van der Waals surface area contributed by atoms with E-state index in [0.717, 1.165) is 23.5 Å². The average Bonchev–Trinajstić information content (AvgIpc) is 3.14. The summed E-state index contributed by atoms with van der Waals surface area (Å²) in [5, 5.41) is 13.1. The number of urea groups is 1. The van der Waals surface area contributed by atoms with E-state index in [9.17, 15) is 26.4 Å². The number of hydrogen-bond donors (Lipinski definition) is 3. The lowest BCUT2D eigenvalue weighted by Gasteiger charge is -2.11. The fourth-order valence-corrected chi connectivity index (χ4v) is 4.31. The molecular weight excluding hydrogens is 455 g/mol. The van der Waals surface area contributed by atoms with E-state index >= 15 is 0 Å². The fraction of sp³-hybridized carbons (Fsp3) is 0.167. The van der Waals surface area contributed by atoms with Crippen LogP contribution < -0.4 is 15.4 Å². The van der Waals surface area contributed by atoms with Crippen molar-refractivity contribution in [3.05, 3.63) is 59.1 Å². The molecular formula is C18H16F3N5O3S2. The van der Waals surface area contributed by atoms with Gasteiger partial charge in [0.05, 0.1) is 10.5 Å². The fourth-order valence-electron chi connectivity index (χ4n) is 2.40. The molecule has 0 aliphatic carbocycles. The zero-order valence-electron chi connectivity index (χ0n) is 15.9. The monoisotopic (exact) mass is 471 g/mol. The molecule has 1 heterocycles. The second kappa shape index (κ2) is 8.89. The summed E-state index contributed by atoms with van der Waals surface area (Å²) in [5.41, 5.74) is -0.694. The standard InChI is InChI=1S/C18H16F3N5O3S2/c1-2-15-24-25-17(30-15)26-31(28,29)14-8-6-12(7-9-14)22-16(27)23-13-5-3-4-11(10-13)18(19,20)21/h3-10H,2H2,1H3,(H,25,26)(H2,22,23,27). The maximum absolute atomic E-state index is 12.8. The van der Waals surface area contributed by atoms with Gasteiger partial charge in [-0.3, -0.25) is 4.72 Å². The van der Waals surface area contributed by atoms with Gasteiger partial charge < -0.3 is 10.6 Å². The maximum atomic E-state index is 12.8. The number of carbonyl (C=O) groups excluding carboxylic acids is 1. The predicted molar refractivity (Wildman–Crippen MR) is 111 cm³/mol. The molecule has 0 aliphatic heterocycles. The SMILES string of the molecule is CCc1nnc(NS(=O)(=O)c2ccc(NC(=O)Nc3cccc(C(F)(F)F)c3)cc2)s1. The third-order valence-electron chi connectivity index (χ3n) is 3.86. The number of benzene rings is 2. The molecule has 13 heteroatoms. The molecule has 0 aliphatic rings. The van der Waals surface area contributed by atoms with Crippen molar-refractivity contribution >= 4 is 43.9 Å². The average molecular weight is 471 g/mol. The van der Waals surface area contributed by atoms with E-state index in [1.54, 1.807) is 0 Å². The van der Waals surface area contributed by atoms with Crippen LogP contribution in [0.15, 0.2) is 53.4 Å². The Balaban J connectivity index is 1.64. The van der Waals surface area contributed by atoms with Crippen molar-refractivity contribution in [1.82, 2.24) is 10.2 Å². The first-order chi connectivity index (χ1) is 14.6. The Bertz CT molecular complexity index is 1180. The summed E-state index contributed by atoms with van der Waals surface area (Å²) in [5.74, 6) is 0. The van der Waals surface area contributed by atoms with Crippen molar-refractivity contribution in [2.24, 2.45) is 0 Å². The molecule has 1 aromatic heterocycles. The van der Waals surface area contributed by atoms with Crippen LogP contribution in [0.5, 0.6) is 0 Å². The van der Waals surface area contributed by atoms with E-state index < -0.39 is 27.8 Å². The minimum atomic E-state index is -4.53. The number of anilines is 3. The molecule has 8 nitrogen and oxygen atoms in total. The molecule has 0 saturated heterocycles. The minimum absolute atomic E-state index is 0.0424. The van der Waals surface area contributed by atoms with Crippen molar-refractivity contribution in [3.8, 4) is 0 Å². The maximum Gasteiger partial charge on any atom is 0.416 e. The Hall–Kier alpha value is -3.19. The lowest BCUT2D eigenvalue weighted by molar-refractivity contribution is -0.137. The number of aromatic nitrogens is 2. The molecule has 31 heavy (non-hydrogen) atoms. The van der Waals surface area contributed by atoms with Crippen LogP contribution in [0, 0.1) is 0 Å². The predicted octanol–water partition coefficient (Wildman–Crippen LogP) is 4.56. The zero-order valence-corrected chi connectivity index (χ0v) is 17.5. The van der Waals surface area contributed by atoms with Gasteiger partial charge in [0.1, 0.15) is 5.01 Å². The van der Waals surface area contributed by atoms with E-state index in [0.29, 0.717) is 11.4 Å².